The van der Waals surface area contributed by atoms with Crippen LogP contribution in [0.15, 0.2) is 30.5 Å². The van der Waals surface area contributed by atoms with Crippen LogP contribution in [0.25, 0.3) is 11.4 Å². The molecule has 1 aromatic heterocycles. The second kappa shape index (κ2) is 4.79. The Morgan fingerprint density at radius 1 is 1.18 bits per heavy atom. The monoisotopic (exact) mass is 252 g/mol. The molecule has 0 spiro atoms. The molecule has 86 valence electrons. The summed E-state index contributed by atoms with van der Waals surface area (Å²) < 4.78 is 12.7. The lowest BCUT2D eigenvalue weighted by molar-refractivity contribution is 0.425. The number of rotatable bonds is 2. The van der Waals surface area contributed by atoms with Crippen molar-refractivity contribution in [3.8, 4) is 11.4 Å². The fourth-order valence-electron chi connectivity index (χ4n) is 1.28. The van der Waals surface area contributed by atoms with Gasteiger partial charge in [0, 0.05) is 17.2 Å². The van der Waals surface area contributed by atoms with Crippen LogP contribution < -0.4 is 5.46 Å². The smallest absolute Gasteiger partial charge is 0.423 e. The molecule has 0 aliphatic carbocycles. The number of benzene rings is 1. The third-order valence-corrected chi connectivity index (χ3v) is 2.45. The van der Waals surface area contributed by atoms with Gasteiger partial charge in [-0.05, 0) is 24.3 Å². The molecular weight excluding hydrogens is 245 g/mol. The van der Waals surface area contributed by atoms with Crippen molar-refractivity contribution in [2.24, 2.45) is 0 Å². The minimum Gasteiger partial charge on any atom is -0.423 e. The van der Waals surface area contributed by atoms with E-state index < -0.39 is 7.12 Å². The fourth-order valence-corrected chi connectivity index (χ4v) is 1.51. The predicted molar refractivity (Wildman–Crippen MR) is 62.3 cm³/mol. The molecule has 0 aliphatic rings. The average molecular weight is 252 g/mol. The van der Waals surface area contributed by atoms with Crippen LogP contribution in [-0.4, -0.2) is 27.1 Å². The van der Waals surface area contributed by atoms with Gasteiger partial charge >= 0.3 is 7.12 Å². The quantitative estimate of drug-likeness (QED) is 0.607. The molecule has 1 heterocycles. The van der Waals surface area contributed by atoms with E-state index in [1.165, 1.54) is 30.5 Å². The van der Waals surface area contributed by atoms with Crippen LogP contribution in [0.1, 0.15) is 0 Å². The first-order chi connectivity index (χ1) is 8.08. The Labute approximate surface area is 102 Å². The third kappa shape index (κ3) is 2.61. The largest absolute Gasteiger partial charge is 0.493 e. The summed E-state index contributed by atoms with van der Waals surface area (Å²) in [6, 6.07) is 5.58. The highest BCUT2D eigenvalue weighted by atomic mass is 35.5. The lowest BCUT2D eigenvalue weighted by atomic mass is 9.83. The number of halogens is 2. The molecule has 2 aromatic rings. The highest BCUT2D eigenvalue weighted by Gasteiger charge is 2.17. The van der Waals surface area contributed by atoms with Crippen LogP contribution in [-0.2, 0) is 0 Å². The van der Waals surface area contributed by atoms with E-state index in [0.29, 0.717) is 11.4 Å². The van der Waals surface area contributed by atoms with Gasteiger partial charge in [-0.25, -0.2) is 14.4 Å². The van der Waals surface area contributed by atoms with E-state index in [1.807, 2.05) is 0 Å². The maximum atomic E-state index is 12.7. The van der Waals surface area contributed by atoms with Gasteiger partial charge in [-0.3, -0.25) is 0 Å². The fraction of sp³-hybridized carbons (Fsp3) is 0. The van der Waals surface area contributed by atoms with Crippen LogP contribution in [0.3, 0.4) is 0 Å². The zero-order valence-electron chi connectivity index (χ0n) is 8.51. The van der Waals surface area contributed by atoms with E-state index in [-0.39, 0.29) is 16.4 Å². The summed E-state index contributed by atoms with van der Waals surface area (Å²) in [5.74, 6) is -0.0679. The zero-order valence-corrected chi connectivity index (χ0v) is 9.26. The van der Waals surface area contributed by atoms with Gasteiger partial charge in [-0.15, -0.1) is 0 Å². The number of nitrogens with zero attached hydrogens (tertiary/aromatic N) is 2. The molecule has 0 saturated carbocycles. The molecule has 0 radical (unpaired) electrons. The van der Waals surface area contributed by atoms with Gasteiger partial charge in [0.05, 0.1) is 0 Å². The van der Waals surface area contributed by atoms with Gasteiger partial charge in [-0.1, -0.05) is 11.6 Å². The van der Waals surface area contributed by atoms with Crippen molar-refractivity contribution in [2.45, 2.75) is 0 Å². The van der Waals surface area contributed by atoms with Crippen molar-refractivity contribution < 1.29 is 14.4 Å². The molecule has 0 atom stereocenters. The summed E-state index contributed by atoms with van der Waals surface area (Å²) in [6.45, 7) is 0. The molecule has 1 aromatic carbocycles. The van der Waals surface area contributed by atoms with E-state index >= 15 is 0 Å². The predicted octanol–water partition coefficient (Wildman–Crippen LogP) is 0.616. The highest BCUT2D eigenvalue weighted by Crippen LogP contribution is 2.16. The number of aromatic nitrogens is 2. The number of hydrogen-bond donors (Lipinski definition) is 2. The maximum absolute atomic E-state index is 12.7. The summed E-state index contributed by atoms with van der Waals surface area (Å²) >= 11 is 5.76. The van der Waals surface area contributed by atoms with Crippen LogP contribution in [0.5, 0.6) is 0 Å². The molecule has 2 rings (SSSR count). The van der Waals surface area contributed by atoms with Crippen molar-refractivity contribution >= 4 is 24.2 Å². The number of hydrogen-bond acceptors (Lipinski definition) is 4. The SMILES string of the molecule is OB(O)c1cnc(-c2ccc(F)cc2)nc1Cl. The Kier molecular flexibility index (Phi) is 3.37. The first-order valence-corrected chi connectivity index (χ1v) is 5.10. The molecule has 0 unspecified atom stereocenters. The summed E-state index contributed by atoms with van der Waals surface area (Å²) in [4.78, 5) is 7.83. The second-order valence-electron chi connectivity index (χ2n) is 3.32. The Morgan fingerprint density at radius 3 is 2.35 bits per heavy atom. The molecule has 0 bridgehead atoms. The van der Waals surface area contributed by atoms with Crippen LogP contribution in [0.4, 0.5) is 4.39 Å². The van der Waals surface area contributed by atoms with Crippen molar-refractivity contribution in [1.29, 1.82) is 0 Å². The average Bonchev–Trinajstić information content (AvgIpc) is 2.29. The topological polar surface area (TPSA) is 66.2 Å². The van der Waals surface area contributed by atoms with Crippen LogP contribution >= 0.6 is 11.6 Å². The zero-order chi connectivity index (χ0) is 12.4. The second-order valence-corrected chi connectivity index (χ2v) is 3.68. The van der Waals surface area contributed by atoms with Gasteiger partial charge in [0.2, 0.25) is 0 Å². The molecular formula is C10H7BClFN2O2. The molecule has 7 heteroatoms. The molecule has 4 nitrogen and oxygen atoms in total. The Morgan fingerprint density at radius 2 is 1.82 bits per heavy atom. The van der Waals surface area contributed by atoms with Crippen molar-refractivity contribution in [3.05, 3.63) is 41.4 Å². The van der Waals surface area contributed by atoms with Crippen molar-refractivity contribution in [3.63, 3.8) is 0 Å². The van der Waals surface area contributed by atoms with Gasteiger partial charge in [-0.2, -0.15) is 0 Å². The van der Waals surface area contributed by atoms with E-state index in [1.54, 1.807) is 0 Å². The normalized spacial score (nSPS) is 10.4. The first kappa shape index (κ1) is 12.0. The van der Waals surface area contributed by atoms with E-state index in [0.717, 1.165) is 0 Å². The van der Waals surface area contributed by atoms with E-state index in [9.17, 15) is 4.39 Å². The maximum Gasteiger partial charge on any atom is 0.493 e. The van der Waals surface area contributed by atoms with Gasteiger partial charge in [0.15, 0.2) is 5.82 Å². The Hall–Kier alpha value is -1.50. The standard InChI is InChI=1S/C10H7BClFN2O2/c12-9-8(11(16)17)5-14-10(15-9)6-1-3-7(13)4-2-6/h1-5,16-17H. The minimum atomic E-state index is -1.72. The van der Waals surface area contributed by atoms with Crippen molar-refractivity contribution in [1.82, 2.24) is 9.97 Å². The summed E-state index contributed by atoms with van der Waals surface area (Å²) in [5, 5.41) is 17.8. The minimum absolute atomic E-state index is 0.0255. The van der Waals surface area contributed by atoms with E-state index in [2.05, 4.69) is 9.97 Å². The molecule has 0 fully saturated rings. The summed E-state index contributed by atoms with van der Waals surface area (Å²) in [6.07, 6.45) is 1.22. The van der Waals surface area contributed by atoms with Crippen LogP contribution in [0, 0.1) is 5.82 Å². The first-order valence-electron chi connectivity index (χ1n) is 4.72. The molecule has 0 amide bonds. The lowest BCUT2D eigenvalue weighted by Crippen LogP contribution is -2.32. The van der Waals surface area contributed by atoms with Crippen molar-refractivity contribution in [2.75, 3.05) is 0 Å². The summed E-state index contributed by atoms with van der Waals surface area (Å²) in [7, 11) is -1.72. The van der Waals surface area contributed by atoms with E-state index in [4.69, 9.17) is 21.6 Å². The third-order valence-electron chi connectivity index (χ3n) is 2.15. The van der Waals surface area contributed by atoms with Gasteiger partial charge in [0.1, 0.15) is 11.0 Å². The molecule has 0 aliphatic heterocycles. The highest BCUT2D eigenvalue weighted by molar-refractivity contribution is 6.62. The van der Waals surface area contributed by atoms with Crippen LogP contribution in [0.2, 0.25) is 5.15 Å². The Bertz CT molecular complexity index is 536. The Balaban J connectivity index is 2.41. The van der Waals surface area contributed by atoms with Gasteiger partial charge in [0.25, 0.3) is 0 Å². The molecule has 0 saturated heterocycles. The summed E-state index contributed by atoms with van der Waals surface area (Å²) in [5.41, 5.74) is 0.616. The van der Waals surface area contributed by atoms with Gasteiger partial charge < -0.3 is 10.0 Å². The molecule has 17 heavy (non-hydrogen) atoms. The molecule has 2 N–H and O–H groups in total. The lowest BCUT2D eigenvalue weighted by Gasteiger charge is -2.04.